The van der Waals surface area contributed by atoms with Gasteiger partial charge in [0.25, 0.3) is 11.6 Å². The van der Waals surface area contributed by atoms with Gasteiger partial charge in [-0.2, -0.15) is 5.10 Å². The van der Waals surface area contributed by atoms with Crippen LogP contribution in [0.4, 0.5) is 30.5 Å². The summed E-state index contributed by atoms with van der Waals surface area (Å²) in [7, 11) is 0. The van der Waals surface area contributed by atoms with E-state index in [1.54, 1.807) is 6.07 Å². The van der Waals surface area contributed by atoms with Crippen LogP contribution in [0.5, 0.6) is 5.75 Å². The van der Waals surface area contributed by atoms with Crippen molar-refractivity contribution in [1.29, 1.82) is 0 Å². The van der Waals surface area contributed by atoms with E-state index in [1.807, 2.05) is 0 Å². The van der Waals surface area contributed by atoms with E-state index < -0.39 is 22.9 Å². The number of carbonyl (C=O) groups excluding carboxylic acids is 1. The maximum atomic E-state index is 12.2. The SMILES string of the molecule is Nn1c(N/N=C/c2cccc([N+](=O)[O-])c2)nnc1SCC(=O)Nc1ccc(OC(F)(F)F)cc1. The van der Waals surface area contributed by atoms with Crippen molar-refractivity contribution < 1.29 is 27.6 Å². The number of rotatable bonds is 9. The highest BCUT2D eigenvalue weighted by molar-refractivity contribution is 7.99. The van der Waals surface area contributed by atoms with Crippen LogP contribution in [-0.4, -0.2) is 44.0 Å². The summed E-state index contributed by atoms with van der Waals surface area (Å²) in [5.41, 5.74) is 3.19. The molecule has 12 nitrogen and oxygen atoms in total. The lowest BCUT2D eigenvalue weighted by molar-refractivity contribution is -0.384. The number of alkyl halides is 3. The molecule has 34 heavy (non-hydrogen) atoms. The molecule has 3 rings (SSSR count). The van der Waals surface area contributed by atoms with Crippen LogP contribution in [0.15, 0.2) is 58.8 Å². The van der Waals surface area contributed by atoms with Gasteiger partial charge in [-0.25, -0.2) is 10.1 Å². The van der Waals surface area contributed by atoms with Crippen molar-refractivity contribution in [3.05, 3.63) is 64.2 Å². The van der Waals surface area contributed by atoms with Crippen molar-refractivity contribution in [3.8, 4) is 5.75 Å². The molecule has 1 aromatic heterocycles. The van der Waals surface area contributed by atoms with Crippen molar-refractivity contribution >= 4 is 41.2 Å². The number of thioether (sulfide) groups is 1. The Kier molecular flexibility index (Phi) is 7.52. The average Bonchev–Trinajstić information content (AvgIpc) is 3.12. The summed E-state index contributed by atoms with van der Waals surface area (Å²) in [5.74, 6) is 4.91. The number of nitrogen functional groups attached to an aromatic ring is 1. The summed E-state index contributed by atoms with van der Waals surface area (Å²) < 4.78 is 41.4. The molecule has 0 aliphatic heterocycles. The molecule has 178 valence electrons. The number of nitrogens with zero attached hydrogens (tertiary/aromatic N) is 5. The number of nitro benzene ring substituents is 1. The fourth-order valence-electron chi connectivity index (χ4n) is 2.40. The van der Waals surface area contributed by atoms with Crippen molar-refractivity contribution in [2.45, 2.75) is 11.5 Å². The van der Waals surface area contributed by atoms with Crippen molar-refractivity contribution in [2.24, 2.45) is 5.10 Å². The molecule has 2 aromatic carbocycles. The third-order valence-electron chi connectivity index (χ3n) is 3.83. The number of anilines is 2. The van der Waals surface area contributed by atoms with Gasteiger partial charge >= 0.3 is 6.36 Å². The zero-order valence-corrected chi connectivity index (χ0v) is 17.7. The lowest BCUT2D eigenvalue weighted by atomic mass is 10.2. The number of nitrogens with one attached hydrogen (secondary N) is 2. The fraction of sp³-hybridized carbons (Fsp3) is 0.111. The molecule has 16 heteroatoms. The fourth-order valence-corrected chi connectivity index (χ4v) is 3.06. The Morgan fingerprint density at radius 3 is 2.68 bits per heavy atom. The van der Waals surface area contributed by atoms with Gasteiger partial charge in [-0.05, 0) is 24.3 Å². The predicted molar refractivity (Wildman–Crippen MR) is 117 cm³/mol. The number of aromatic nitrogens is 3. The first-order valence-corrected chi connectivity index (χ1v) is 10.1. The number of hydrazone groups is 1. The second kappa shape index (κ2) is 10.5. The van der Waals surface area contributed by atoms with Crippen LogP contribution in [0.3, 0.4) is 0 Å². The molecule has 0 aliphatic carbocycles. The van der Waals surface area contributed by atoms with Crippen LogP contribution in [0.2, 0.25) is 0 Å². The molecule has 3 aromatic rings. The highest BCUT2D eigenvalue weighted by atomic mass is 32.2. The lowest BCUT2D eigenvalue weighted by Gasteiger charge is -2.09. The second-order valence-electron chi connectivity index (χ2n) is 6.31. The summed E-state index contributed by atoms with van der Waals surface area (Å²) in [6.45, 7) is 0. The minimum atomic E-state index is -4.80. The molecule has 0 aliphatic rings. The Bertz CT molecular complexity index is 1200. The molecule has 0 unspecified atom stereocenters. The maximum Gasteiger partial charge on any atom is 0.573 e. The number of non-ortho nitro benzene ring substituents is 1. The van der Waals surface area contributed by atoms with E-state index in [0.717, 1.165) is 28.6 Å². The van der Waals surface area contributed by atoms with Crippen LogP contribution in [0.1, 0.15) is 5.56 Å². The first kappa shape index (κ1) is 24.3. The zero-order chi connectivity index (χ0) is 24.7. The van der Waals surface area contributed by atoms with Crippen molar-refractivity contribution in [2.75, 3.05) is 22.3 Å². The van der Waals surface area contributed by atoms with Gasteiger partial charge in [0.2, 0.25) is 11.1 Å². The van der Waals surface area contributed by atoms with E-state index in [2.05, 4.69) is 30.8 Å². The Morgan fingerprint density at radius 2 is 2.00 bits per heavy atom. The van der Waals surface area contributed by atoms with Gasteiger partial charge in [-0.15, -0.1) is 23.4 Å². The van der Waals surface area contributed by atoms with E-state index in [0.29, 0.717) is 5.56 Å². The zero-order valence-electron chi connectivity index (χ0n) is 16.9. The largest absolute Gasteiger partial charge is 0.573 e. The minimum absolute atomic E-state index is 0.0462. The van der Waals surface area contributed by atoms with Gasteiger partial charge in [0, 0.05) is 23.4 Å². The van der Waals surface area contributed by atoms with Gasteiger partial charge in [-0.1, -0.05) is 23.9 Å². The van der Waals surface area contributed by atoms with Crippen molar-refractivity contribution in [1.82, 2.24) is 14.9 Å². The Balaban J connectivity index is 1.50. The Hall–Kier alpha value is -4.34. The molecule has 4 N–H and O–H groups in total. The summed E-state index contributed by atoms with van der Waals surface area (Å²) in [4.78, 5) is 22.4. The number of amides is 1. The number of hydrogen-bond acceptors (Lipinski definition) is 10. The average molecular weight is 496 g/mol. The molecule has 0 fully saturated rings. The topological polar surface area (TPSA) is 163 Å². The van der Waals surface area contributed by atoms with Gasteiger partial charge in [0.1, 0.15) is 5.75 Å². The highest BCUT2D eigenvalue weighted by Crippen LogP contribution is 2.24. The number of nitrogens with two attached hydrogens (primary N) is 1. The molecule has 0 bridgehead atoms. The van der Waals surface area contributed by atoms with Crippen LogP contribution in [-0.2, 0) is 4.79 Å². The number of carbonyl (C=O) groups is 1. The summed E-state index contributed by atoms with van der Waals surface area (Å²) >= 11 is 0.953. The summed E-state index contributed by atoms with van der Waals surface area (Å²) in [6, 6.07) is 10.5. The van der Waals surface area contributed by atoms with Gasteiger partial charge < -0.3 is 15.9 Å². The van der Waals surface area contributed by atoms with Crippen LogP contribution < -0.4 is 21.3 Å². The van der Waals surface area contributed by atoms with E-state index in [9.17, 15) is 28.1 Å². The van der Waals surface area contributed by atoms with E-state index >= 15 is 0 Å². The van der Waals surface area contributed by atoms with Gasteiger partial charge in [0.05, 0.1) is 16.9 Å². The molecule has 0 saturated carbocycles. The highest BCUT2D eigenvalue weighted by Gasteiger charge is 2.31. The molecule has 1 heterocycles. The minimum Gasteiger partial charge on any atom is -0.406 e. The third kappa shape index (κ3) is 7.09. The molecule has 1 amide bonds. The van der Waals surface area contributed by atoms with Crippen LogP contribution in [0, 0.1) is 10.1 Å². The molecule has 0 radical (unpaired) electrons. The smallest absolute Gasteiger partial charge is 0.406 e. The molecular formula is C18H15F3N8O4S. The van der Waals surface area contributed by atoms with E-state index in [4.69, 9.17) is 5.84 Å². The molecular weight excluding hydrogens is 481 g/mol. The third-order valence-corrected chi connectivity index (χ3v) is 4.77. The lowest BCUT2D eigenvalue weighted by Crippen LogP contribution is -2.18. The number of nitro groups is 1. The molecule has 0 spiro atoms. The summed E-state index contributed by atoms with van der Waals surface area (Å²) in [6.07, 6.45) is -3.48. The Morgan fingerprint density at radius 1 is 1.26 bits per heavy atom. The first-order valence-electron chi connectivity index (χ1n) is 9.13. The Labute approximate surface area is 193 Å². The molecule has 0 atom stereocenters. The van der Waals surface area contributed by atoms with Crippen LogP contribution in [0.25, 0.3) is 0 Å². The van der Waals surface area contributed by atoms with Crippen molar-refractivity contribution in [3.63, 3.8) is 0 Å². The van der Waals surface area contributed by atoms with E-state index in [-0.39, 0.29) is 28.2 Å². The standard InChI is InChI=1S/C18H15F3N8O4S/c19-18(20,21)33-14-6-4-12(5-7-14)24-15(30)10-34-17-27-26-16(28(17)22)25-23-9-11-2-1-3-13(8-11)29(31)32/h1-9H,10,22H2,(H,24,30)(H,25,26)/b23-9+. The monoisotopic (exact) mass is 496 g/mol. The first-order chi connectivity index (χ1) is 16.1. The number of hydrogen-bond donors (Lipinski definition) is 3. The second-order valence-corrected chi connectivity index (χ2v) is 7.25. The number of halogens is 3. The normalized spacial score (nSPS) is 11.4. The number of benzene rings is 2. The maximum absolute atomic E-state index is 12.2. The quantitative estimate of drug-likeness (QED) is 0.133. The van der Waals surface area contributed by atoms with Gasteiger partial charge in [-0.3, -0.25) is 14.9 Å². The summed E-state index contributed by atoms with van der Waals surface area (Å²) in [5, 5.41) is 25.0. The number of ether oxygens (including phenoxy) is 1. The van der Waals surface area contributed by atoms with Gasteiger partial charge in [0.15, 0.2) is 0 Å². The molecule has 0 saturated heterocycles. The predicted octanol–water partition coefficient (Wildman–Crippen LogP) is 2.98. The van der Waals surface area contributed by atoms with Crippen LogP contribution >= 0.6 is 11.8 Å². The van der Waals surface area contributed by atoms with E-state index in [1.165, 1.54) is 36.5 Å².